The molecule has 1 aliphatic rings. The maximum absolute atomic E-state index is 5.70. The van der Waals surface area contributed by atoms with E-state index in [4.69, 9.17) is 9.47 Å². The molecule has 0 saturated heterocycles. The highest BCUT2D eigenvalue weighted by atomic mass is 16.5. The molecule has 0 N–H and O–H groups in total. The Kier molecular flexibility index (Phi) is 2.93. The number of rotatable bonds is 2. The molecule has 0 unspecified atom stereocenters. The minimum absolute atomic E-state index is 0.120. The van der Waals surface area contributed by atoms with E-state index in [1.54, 1.807) is 14.2 Å². The summed E-state index contributed by atoms with van der Waals surface area (Å²) in [6.07, 6.45) is 4.40. The number of benzene rings is 2. The van der Waals surface area contributed by atoms with Crippen molar-refractivity contribution in [2.45, 2.75) is 19.3 Å². The van der Waals surface area contributed by atoms with Gasteiger partial charge in [0.1, 0.15) is 5.69 Å². The summed E-state index contributed by atoms with van der Waals surface area (Å²) < 4.78 is 13.5. The maximum atomic E-state index is 5.70. The van der Waals surface area contributed by atoms with Crippen LogP contribution in [0, 0.1) is 0 Å². The summed E-state index contributed by atoms with van der Waals surface area (Å²) in [5, 5.41) is 4.82. The molecule has 0 spiro atoms. The first-order chi connectivity index (χ1) is 12.5. The Morgan fingerprint density at radius 3 is 2.62 bits per heavy atom. The molecule has 0 amide bonds. The van der Waals surface area contributed by atoms with E-state index in [1.165, 1.54) is 32.9 Å². The third-order valence-corrected chi connectivity index (χ3v) is 5.83. The van der Waals surface area contributed by atoms with Gasteiger partial charge in [-0.25, -0.2) is 0 Å². The topological polar surface area (TPSA) is 25.8 Å². The summed E-state index contributed by atoms with van der Waals surface area (Å²) in [4.78, 5) is 2.36. The van der Waals surface area contributed by atoms with Crippen LogP contribution in [-0.4, -0.2) is 27.8 Å². The molecule has 2 aromatic heterocycles. The molecule has 0 atom stereocenters. The van der Waals surface area contributed by atoms with Gasteiger partial charge in [0.2, 0.25) is 5.52 Å². The van der Waals surface area contributed by atoms with Crippen LogP contribution in [0.1, 0.15) is 19.4 Å². The summed E-state index contributed by atoms with van der Waals surface area (Å²) in [5.74, 6) is 1.57. The monoisotopic (exact) mass is 347 g/mol. The van der Waals surface area contributed by atoms with Gasteiger partial charge >= 0.3 is 0 Å². The van der Waals surface area contributed by atoms with Crippen LogP contribution in [0.4, 0.5) is 5.69 Å². The van der Waals surface area contributed by atoms with Gasteiger partial charge in [-0.2, -0.15) is 4.40 Å². The van der Waals surface area contributed by atoms with Gasteiger partial charge in [0.15, 0.2) is 23.9 Å². The number of fused-ring (bicyclic) bond motifs is 2. The predicted octanol–water partition coefficient (Wildman–Crippen LogP) is 3.91. The number of nitrogens with zero attached hydrogens (tertiary/aromatic N) is 2. The smallest absolute Gasteiger partial charge is 0.226 e. The van der Waals surface area contributed by atoms with Crippen LogP contribution in [0.25, 0.3) is 27.1 Å². The number of ether oxygens (including phenoxy) is 2. The molecule has 1 aliphatic heterocycles. The van der Waals surface area contributed by atoms with Crippen molar-refractivity contribution >= 4 is 32.7 Å². The van der Waals surface area contributed by atoms with E-state index < -0.39 is 0 Å². The normalized spacial score (nSPS) is 16.0. The van der Waals surface area contributed by atoms with Crippen LogP contribution in [0.2, 0.25) is 0 Å². The minimum atomic E-state index is 0.120. The first kappa shape index (κ1) is 15.5. The van der Waals surface area contributed by atoms with Crippen molar-refractivity contribution in [3.63, 3.8) is 0 Å². The SMILES string of the molecule is COc1cc2ccc3c4c(c[n+]5ccc(c1OC)c2c35)N(C)CC4(C)C. The molecule has 4 heteroatoms. The van der Waals surface area contributed by atoms with E-state index in [9.17, 15) is 0 Å². The number of hydrogen-bond donors (Lipinski definition) is 0. The molecule has 2 aromatic carbocycles. The average Bonchev–Trinajstić information content (AvgIpc) is 2.86. The highest BCUT2D eigenvalue weighted by Gasteiger charge is 2.38. The van der Waals surface area contributed by atoms with E-state index in [2.05, 4.69) is 66.9 Å². The zero-order chi connectivity index (χ0) is 18.2. The summed E-state index contributed by atoms with van der Waals surface area (Å²) in [6.45, 7) is 5.70. The third-order valence-electron chi connectivity index (χ3n) is 5.83. The Morgan fingerprint density at radius 1 is 1.08 bits per heavy atom. The lowest BCUT2D eigenvalue weighted by Gasteiger charge is -2.20. The van der Waals surface area contributed by atoms with Gasteiger partial charge in [-0.05, 0) is 17.5 Å². The number of anilines is 1. The van der Waals surface area contributed by atoms with Crippen molar-refractivity contribution in [2.24, 2.45) is 0 Å². The van der Waals surface area contributed by atoms with Crippen molar-refractivity contribution < 1.29 is 13.9 Å². The molecule has 4 nitrogen and oxygen atoms in total. The minimum Gasteiger partial charge on any atom is -0.493 e. The molecule has 0 fully saturated rings. The number of hydrogen-bond acceptors (Lipinski definition) is 3. The van der Waals surface area contributed by atoms with Crippen LogP contribution in [-0.2, 0) is 5.41 Å². The zero-order valence-electron chi connectivity index (χ0n) is 15.9. The molecule has 0 radical (unpaired) electrons. The van der Waals surface area contributed by atoms with E-state index in [0.717, 1.165) is 23.4 Å². The zero-order valence-corrected chi connectivity index (χ0v) is 15.9. The van der Waals surface area contributed by atoms with Crippen LogP contribution < -0.4 is 18.8 Å². The number of aromatic nitrogens is 1. The van der Waals surface area contributed by atoms with Gasteiger partial charge in [0, 0.05) is 36.0 Å². The second-order valence-electron chi connectivity index (χ2n) is 7.94. The quantitative estimate of drug-likeness (QED) is 0.406. The Labute approximate surface area is 152 Å². The summed E-state index contributed by atoms with van der Waals surface area (Å²) in [7, 11) is 5.58. The number of methoxy groups -OCH3 is 2. The largest absolute Gasteiger partial charge is 0.493 e. The summed E-state index contributed by atoms with van der Waals surface area (Å²) >= 11 is 0. The van der Waals surface area contributed by atoms with E-state index in [0.29, 0.717) is 0 Å². The van der Waals surface area contributed by atoms with Crippen molar-refractivity contribution in [2.75, 3.05) is 32.7 Å². The highest BCUT2D eigenvalue weighted by Crippen LogP contribution is 2.46. The van der Waals surface area contributed by atoms with Crippen molar-refractivity contribution in [1.29, 1.82) is 0 Å². The standard InChI is InChI=1S/C22H23N2O2/c1-22(2)12-23(3)16-11-24-9-8-14-18-13(10-17(25-4)21(14)26-5)6-7-15(19(16)22)20(18)24/h6-11H,12H2,1-5H3/q+1. The Hall–Kier alpha value is -2.75. The fourth-order valence-electron chi connectivity index (χ4n) is 4.88. The van der Waals surface area contributed by atoms with Crippen molar-refractivity contribution in [3.8, 4) is 11.5 Å². The van der Waals surface area contributed by atoms with Crippen LogP contribution in [0.15, 0.2) is 36.7 Å². The van der Waals surface area contributed by atoms with E-state index in [1.807, 2.05) is 0 Å². The molecule has 132 valence electrons. The number of likely N-dealkylation sites (N-methyl/N-ethyl adjacent to an activating group) is 1. The van der Waals surface area contributed by atoms with Crippen LogP contribution in [0.5, 0.6) is 11.5 Å². The average molecular weight is 347 g/mol. The molecule has 26 heavy (non-hydrogen) atoms. The fraction of sp³-hybridized carbons (Fsp3) is 0.318. The Morgan fingerprint density at radius 2 is 1.88 bits per heavy atom. The molecular weight excluding hydrogens is 324 g/mol. The van der Waals surface area contributed by atoms with Gasteiger partial charge < -0.3 is 14.4 Å². The first-order valence-electron chi connectivity index (χ1n) is 8.95. The second-order valence-corrected chi connectivity index (χ2v) is 7.94. The highest BCUT2D eigenvalue weighted by molar-refractivity contribution is 6.17. The third kappa shape index (κ3) is 1.77. The number of pyridine rings is 2. The van der Waals surface area contributed by atoms with Gasteiger partial charge in [0.25, 0.3) is 0 Å². The van der Waals surface area contributed by atoms with Crippen LogP contribution in [0.3, 0.4) is 0 Å². The lowest BCUT2D eigenvalue weighted by molar-refractivity contribution is -0.509. The van der Waals surface area contributed by atoms with Gasteiger partial charge in [0.05, 0.1) is 25.0 Å². The molecule has 0 aliphatic carbocycles. The Balaban J connectivity index is 2.03. The van der Waals surface area contributed by atoms with Crippen molar-refractivity contribution in [3.05, 3.63) is 42.2 Å². The molecule has 4 aromatic rings. The van der Waals surface area contributed by atoms with Crippen LogP contribution >= 0.6 is 0 Å². The Bertz CT molecular complexity index is 1180. The summed E-state index contributed by atoms with van der Waals surface area (Å²) in [6, 6.07) is 8.68. The fourth-order valence-corrected chi connectivity index (χ4v) is 4.88. The van der Waals surface area contributed by atoms with Gasteiger partial charge in [-0.1, -0.05) is 19.9 Å². The molecule has 5 rings (SSSR count). The van der Waals surface area contributed by atoms with Crippen molar-refractivity contribution in [1.82, 2.24) is 0 Å². The predicted molar refractivity (Wildman–Crippen MR) is 105 cm³/mol. The molecule has 0 saturated carbocycles. The molecular formula is C22H23N2O2+. The van der Waals surface area contributed by atoms with E-state index in [-0.39, 0.29) is 5.41 Å². The van der Waals surface area contributed by atoms with E-state index >= 15 is 0 Å². The maximum Gasteiger partial charge on any atom is 0.226 e. The lowest BCUT2D eigenvalue weighted by Crippen LogP contribution is -2.25. The first-order valence-corrected chi connectivity index (χ1v) is 8.95. The van der Waals surface area contributed by atoms with Gasteiger partial charge in [-0.3, -0.25) is 0 Å². The second kappa shape index (κ2) is 4.91. The van der Waals surface area contributed by atoms with Gasteiger partial charge in [-0.15, -0.1) is 0 Å². The lowest BCUT2D eigenvalue weighted by atomic mass is 9.84. The summed E-state index contributed by atoms with van der Waals surface area (Å²) in [5.41, 5.74) is 4.12. The molecule has 0 bridgehead atoms. The molecule has 3 heterocycles.